The third kappa shape index (κ3) is 2.15. The van der Waals surface area contributed by atoms with Gasteiger partial charge in [0.1, 0.15) is 5.82 Å². The first kappa shape index (κ1) is 10.7. The first-order valence-electron chi connectivity index (χ1n) is 5.76. The standard InChI is InChI=1S/C13H12N4O/c1-2-4-11-10(3-1)5-7-14-13(11)15-8-6-12-16-9-17-18-12/h1-5,7,9H,6,8H2,(H,14,15). The van der Waals surface area contributed by atoms with Gasteiger partial charge in [0.05, 0.1) is 0 Å². The zero-order valence-corrected chi connectivity index (χ0v) is 9.71. The number of anilines is 1. The van der Waals surface area contributed by atoms with Crippen LogP contribution in [-0.2, 0) is 6.42 Å². The lowest BCUT2D eigenvalue weighted by molar-refractivity contribution is 0.380. The number of nitrogens with one attached hydrogen (secondary N) is 1. The predicted molar refractivity (Wildman–Crippen MR) is 68.2 cm³/mol. The Morgan fingerprint density at radius 2 is 2.06 bits per heavy atom. The van der Waals surface area contributed by atoms with Gasteiger partial charge in [-0.25, -0.2) is 4.98 Å². The highest BCUT2D eigenvalue weighted by atomic mass is 16.5. The molecule has 1 N–H and O–H groups in total. The lowest BCUT2D eigenvalue weighted by atomic mass is 10.1. The monoisotopic (exact) mass is 240 g/mol. The van der Waals surface area contributed by atoms with E-state index in [-0.39, 0.29) is 0 Å². The van der Waals surface area contributed by atoms with Crippen molar-refractivity contribution in [2.24, 2.45) is 0 Å². The molecule has 3 rings (SSSR count). The molecule has 3 aromatic rings. The molecule has 0 unspecified atom stereocenters. The summed E-state index contributed by atoms with van der Waals surface area (Å²) in [6.07, 6.45) is 3.90. The summed E-state index contributed by atoms with van der Waals surface area (Å²) >= 11 is 0. The van der Waals surface area contributed by atoms with Gasteiger partial charge in [0, 0.05) is 24.5 Å². The van der Waals surface area contributed by atoms with Gasteiger partial charge >= 0.3 is 0 Å². The molecule has 1 aromatic carbocycles. The molecule has 2 heterocycles. The van der Waals surface area contributed by atoms with E-state index in [1.165, 1.54) is 11.7 Å². The minimum Gasteiger partial charge on any atom is -0.369 e. The van der Waals surface area contributed by atoms with E-state index in [1.54, 1.807) is 6.20 Å². The zero-order chi connectivity index (χ0) is 12.2. The molecule has 0 fully saturated rings. The Balaban J connectivity index is 1.74. The van der Waals surface area contributed by atoms with Crippen LogP contribution < -0.4 is 5.32 Å². The van der Waals surface area contributed by atoms with Gasteiger partial charge in [0.25, 0.3) is 0 Å². The Morgan fingerprint density at radius 1 is 1.11 bits per heavy atom. The van der Waals surface area contributed by atoms with Crippen molar-refractivity contribution in [2.45, 2.75) is 6.42 Å². The summed E-state index contributed by atoms with van der Waals surface area (Å²) < 4.78 is 4.94. The zero-order valence-electron chi connectivity index (χ0n) is 9.71. The fourth-order valence-electron chi connectivity index (χ4n) is 1.85. The van der Waals surface area contributed by atoms with Crippen molar-refractivity contribution < 1.29 is 4.52 Å². The normalized spacial score (nSPS) is 10.7. The van der Waals surface area contributed by atoms with Gasteiger partial charge in [-0.15, -0.1) is 0 Å². The van der Waals surface area contributed by atoms with Gasteiger partial charge in [0.2, 0.25) is 5.89 Å². The van der Waals surface area contributed by atoms with Crippen molar-refractivity contribution in [3.8, 4) is 0 Å². The number of fused-ring (bicyclic) bond motifs is 1. The summed E-state index contributed by atoms with van der Waals surface area (Å²) in [6, 6.07) is 10.1. The fourth-order valence-corrected chi connectivity index (χ4v) is 1.85. The largest absolute Gasteiger partial charge is 0.369 e. The van der Waals surface area contributed by atoms with Crippen LogP contribution in [0.5, 0.6) is 0 Å². The van der Waals surface area contributed by atoms with E-state index >= 15 is 0 Å². The van der Waals surface area contributed by atoms with E-state index in [2.05, 4.69) is 32.6 Å². The van der Waals surface area contributed by atoms with Crippen molar-refractivity contribution in [2.75, 3.05) is 11.9 Å². The molecule has 0 aliphatic heterocycles. The number of hydrogen-bond acceptors (Lipinski definition) is 5. The topological polar surface area (TPSA) is 63.8 Å². The number of aromatic nitrogens is 3. The summed E-state index contributed by atoms with van der Waals surface area (Å²) in [5.41, 5.74) is 0. The molecule has 5 nitrogen and oxygen atoms in total. The van der Waals surface area contributed by atoms with E-state index in [9.17, 15) is 0 Å². The molecule has 0 radical (unpaired) electrons. The Kier molecular flexibility index (Phi) is 2.87. The summed E-state index contributed by atoms with van der Waals surface area (Å²) in [6.45, 7) is 0.712. The Hall–Kier alpha value is -2.43. The molecule has 0 spiro atoms. The van der Waals surface area contributed by atoms with Crippen LogP contribution in [0.15, 0.2) is 47.4 Å². The minimum absolute atomic E-state index is 0.628. The van der Waals surface area contributed by atoms with Crippen LogP contribution in [0.3, 0.4) is 0 Å². The molecule has 0 saturated heterocycles. The molecule has 2 aromatic heterocycles. The number of benzene rings is 1. The average molecular weight is 240 g/mol. The van der Waals surface area contributed by atoms with Crippen molar-refractivity contribution in [3.63, 3.8) is 0 Å². The van der Waals surface area contributed by atoms with Gasteiger partial charge in [-0.05, 0) is 11.5 Å². The lowest BCUT2D eigenvalue weighted by Crippen LogP contribution is -2.06. The van der Waals surface area contributed by atoms with E-state index in [1.807, 2.05) is 18.2 Å². The van der Waals surface area contributed by atoms with Crippen LogP contribution in [0.2, 0.25) is 0 Å². The van der Waals surface area contributed by atoms with Gasteiger partial charge in [-0.2, -0.15) is 4.98 Å². The van der Waals surface area contributed by atoms with Crippen LogP contribution in [0.4, 0.5) is 5.82 Å². The molecular weight excluding hydrogens is 228 g/mol. The quantitative estimate of drug-likeness (QED) is 0.757. The summed E-state index contributed by atoms with van der Waals surface area (Å²) in [5.74, 6) is 1.51. The minimum atomic E-state index is 0.628. The molecule has 0 saturated carbocycles. The molecular formula is C13H12N4O. The maximum Gasteiger partial charge on any atom is 0.228 e. The molecule has 5 heteroatoms. The number of hydrogen-bond donors (Lipinski definition) is 1. The molecule has 0 aliphatic rings. The molecule has 0 aliphatic carbocycles. The summed E-state index contributed by atoms with van der Waals surface area (Å²) in [5, 5.41) is 9.15. The first-order chi connectivity index (χ1) is 8.93. The Morgan fingerprint density at radius 3 is 2.94 bits per heavy atom. The maximum atomic E-state index is 4.94. The van der Waals surface area contributed by atoms with Crippen LogP contribution in [0.1, 0.15) is 5.89 Å². The highest BCUT2D eigenvalue weighted by Gasteiger charge is 2.02. The van der Waals surface area contributed by atoms with Crippen LogP contribution in [0.25, 0.3) is 10.8 Å². The first-order valence-corrected chi connectivity index (χ1v) is 5.76. The highest BCUT2D eigenvalue weighted by molar-refractivity contribution is 5.91. The van der Waals surface area contributed by atoms with E-state index < -0.39 is 0 Å². The average Bonchev–Trinajstić information content (AvgIpc) is 2.92. The second-order valence-electron chi connectivity index (χ2n) is 3.89. The van der Waals surface area contributed by atoms with E-state index in [4.69, 9.17) is 4.52 Å². The molecule has 18 heavy (non-hydrogen) atoms. The smallest absolute Gasteiger partial charge is 0.228 e. The third-order valence-electron chi connectivity index (χ3n) is 2.71. The van der Waals surface area contributed by atoms with Gasteiger partial charge in [-0.1, -0.05) is 29.4 Å². The van der Waals surface area contributed by atoms with Crippen LogP contribution in [-0.4, -0.2) is 21.7 Å². The maximum absolute atomic E-state index is 4.94. The Bertz CT molecular complexity index is 631. The number of rotatable bonds is 4. The van der Waals surface area contributed by atoms with Gasteiger partial charge < -0.3 is 9.84 Å². The van der Waals surface area contributed by atoms with Crippen molar-refractivity contribution in [3.05, 3.63) is 48.7 Å². The van der Waals surface area contributed by atoms with E-state index in [0.717, 1.165) is 11.2 Å². The van der Waals surface area contributed by atoms with Crippen LogP contribution >= 0.6 is 0 Å². The SMILES string of the molecule is c1ccc2c(NCCc3ncno3)nccc2c1. The molecule has 0 atom stereocenters. The van der Waals surface area contributed by atoms with Gasteiger partial charge in [-0.3, -0.25) is 0 Å². The third-order valence-corrected chi connectivity index (χ3v) is 2.71. The second kappa shape index (κ2) is 4.83. The summed E-state index contributed by atoms with van der Waals surface area (Å²) in [7, 11) is 0. The predicted octanol–water partition coefficient (Wildman–Crippen LogP) is 2.27. The van der Waals surface area contributed by atoms with Crippen molar-refractivity contribution >= 4 is 16.6 Å². The number of nitrogens with zero attached hydrogens (tertiary/aromatic N) is 3. The van der Waals surface area contributed by atoms with Crippen molar-refractivity contribution in [1.82, 2.24) is 15.1 Å². The fraction of sp³-hybridized carbons (Fsp3) is 0.154. The van der Waals surface area contributed by atoms with Crippen LogP contribution in [0, 0.1) is 0 Å². The second-order valence-corrected chi connectivity index (χ2v) is 3.89. The van der Waals surface area contributed by atoms with E-state index in [0.29, 0.717) is 18.9 Å². The lowest BCUT2D eigenvalue weighted by Gasteiger charge is -2.07. The summed E-state index contributed by atoms with van der Waals surface area (Å²) in [4.78, 5) is 8.32. The molecule has 0 bridgehead atoms. The van der Waals surface area contributed by atoms with Gasteiger partial charge in [0.15, 0.2) is 6.33 Å². The van der Waals surface area contributed by atoms with Crippen molar-refractivity contribution in [1.29, 1.82) is 0 Å². The molecule has 90 valence electrons. The Labute approximate surface area is 104 Å². The molecule has 0 amide bonds. The highest BCUT2D eigenvalue weighted by Crippen LogP contribution is 2.20. The number of pyridine rings is 1.